The molecule has 28 heavy (non-hydrogen) atoms. The minimum absolute atomic E-state index is 0.128. The zero-order valence-electron chi connectivity index (χ0n) is 14.5. The van der Waals surface area contributed by atoms with E-state index in [-0.39, 0.29) is 19.4 Å². The van der Waals surface area contributed by atoms with Gasteiger partial charge in [0, 0.05) is 27.5 Å². The van der Waals surface area contributed by atoms with Crippen molar-refractivity contribution in [3.63, 3.8) is 0 Å². The normalized spacial score (nSPS) is 16.2. The number of amides is 4. The van der Waals surface area contributed by atoms with Crippen LogP contribution >= 0.6 is 39.1 Å². The molecule has 0 aromatic heterocycles. The third kappa shape index (κ3) is 4.66. The summed E-state index contributed by atoms with van der Waals surface area (Å²) in [5.74, 6) is -0.812. The highest BCUT2D eigenvalue weighted by atomic mass is 79.9. The Balaban J connectivity index is 1.68. The number of likely N-dealkylation sites (tertiary alicyclic amines) is 1. The lowest BCUT2D eigenvalue weighted by Gasteiger charge is -2.23. The topological polar surface area (TPSA) is 78.5 Å². The van der Waals surface area contributed by atoms with Gasteiger partial charge in [0.25, 0.3) is 0 Å². The van der Waals surface area contributed by atoms with Crippen LogP contribution in [0.15, 0.2) is 46.9 Å². The van der Waals surface area contributed by atoms with Gasteiger partial charge in [-0.1, -0.05) is 41.4 Å². The molecule has 0 spiro atoms. The van der Waals surface area contributed by atoms with Crippen LogP contribution in [0.25, 0.3) is 0 Å². The molecule has 2 aromatic carbocycles. The van der Waals surface area contributed by atoms with E-state index in [1.807, 2.05) is 0 Å². The number of benzene rings is 2. The van der Waals surface area contributed by atoms with Crippen LogP contribution in [-0.2, 0) is 16.1 Å². The third-order valence-electron chi connectivity index (χ3n) is 4.32. The van der Waals surface area contributed by atoms with Gasteiger partial charge in [0.15, 0.2) is 0 Å². The van der Waals surface area contributed by atoms with Crippen molar-refractivity contribution in [2.24, 2.45) is 0 Å². The van der Waals surface area contributed by atoms with Crippen LogP contribution in [0.5, 0.6) is 0 Å². The highest BCUT2D eigenvalue weighted by Gasteiger charge is 2.40. The molecule has 0 aliphatic carbocycles. The summed E-state index contributed by atoms with van der Waals surface area (Å²) >= 11 is 15.3. The number of halogens is 3. The predicted molar refractivity (Wildman–Crippen MR) is 111 cm³/mol. The highest BCUT2D eigenvalue weighted by molar-refractivity contribution is 9.10. The van der Waals surface area contributed by atoms with Gasteiger partial charge in [-0.25, -0.2) is 4.79 Å². The molecule has 9 heteroatoms. The molecule has 1 heterocycles. The number of urea groups is 1. The van der Waals surface area contributed by atoms with Crippen LogP contribution in [0.2, 0.25) is 10.0 Å². The Morgan fingerprint density at radius 1 is 1.18 bits per heavy atom. The van der Waals surface area contributed by atoms with E-state index in [2.05, 4.69) is 26.6 Å². The van der Waals surface area contributed by atoms with E-state index in [0.717, 1.165) is 4.90 Å². The van der Waals surface area contributed by atoms with Crippen molar-refractivity contribution < 1.29 is 14.4 Å². The number of para-hydroxylation sites is 1. The number of carbonyl (C=O) groups is 3. The molecule has 1 fully saturated rings. The van der Waals surface area contributed by atoms with Gasteiger partial charge in [0.1, 0.15) is 6.04 Å². The van der Waals surface area contributed by atoms with Gasteiger partial charge in [-0.2, -0.15) is 0 Å². The molecule has 0 bridgehead atoms. The molecule has 2 aromatic rings. The first-order chi connectivity index (χ1) is 13.4. The summed E-state index contributed by atoms with van der Waals surface area (Å²) < 4.78 is 0.674. The quantitative estimate of drug-likeness (QED) is 0.665. The lowest BCUT2D eigenvalue weighted by molar-refractivity contribution is -0.132. The minimum Gasteiger partial charge on any atom is -0.350 e. The molecule has 0 saturated carbocycles. The second kappa shape index (κ2) is 8.94. The fraction of sp³-hybridized carbons (Fsp3) is 0.211. The van der Waals surface area contributed by atoms with Gasteiger partial charge in [-0.05, 0) is 52.2 Å². The largest absolute Gasteiger partial charge is 0.350 e. The first kappa shape index (κ1) is 20.6. The van der Waals surface area contributed by atoms with Gasteiger partial charge < -0.3 is 10.6 Å². The van der Waals surface area contributed by atoms with E-state index in [0.29, 0.717) is 25.8 Å². The molecule has 4 amide bonds. The second-order valence-corrected chi connectivity index (χ2v) is 7.88. The van der Waals surface area contributed by atoms with Gasteiger partial charge in [0.2, 0.25) is 11.8 Å². The van der Waals surface area contributed by atoms with Crippen molar-refractivity contribution >= 4 is 62.7 Å². The van der Waals surface area contributed by atoms with Crippen molar-refractivity contribution in [3.8, 4) is 0 Å². The first-order valence-corrected chi connectivity index (χ1v) is 10.0. The Morgan fingerprint density at radius 2 is 1.93 bits per heavy atom. The number of anilines is 1. The summed E-state index contributed by atoms with van der Waals surface area (Å²) in [6.45, 7) is 0.166. The van der Waals surface area contributed by atoms with Crippen molar-refractivity contribution in [1.82, 2.24) is 10.2 Å². The van der Waals surface area contributed by atoms with Crippen LogP contribution in [0, 0.1) is 0 Å². The predicted octanol–water partition coefficient (Wildman–Crippen LogP) is 4.60. The number of imide groups is 1. The van der Waals surface area contributed by atoms with E-state index in [9.17, 15) is 14.4 Å². The monoisotopic (exact) mass is 483 g/mol. The van der Waals surface area contributed by atoms with Crippen molar-refractivity contribution in [2.45, 2.75) is 25.4 Å². The average Bonchev–Trinajstić information content (AvgIpc) is 3.04. The molecule has 1 atom stereocenters. The number of rotatable bonds is 4. The summed E-state index contributed by atoms with van der Waals surface area (Å²) in [4.78, 5) is 38.4. The Hall–Kier alpha value is -2.09. The van der Waals surface area contributed by atoms with E-state index in [4.69, 9.17) is 23.2 Å². The second-order valence-electron chi connectivity index (χ2n) is 6.18. The van der Waals surface area contributed by atoms with Gasteiger partial charge in [-0.15, -0.1) is 0 Å². The molecule has 0 unspecified atom stereocenters. The molecule has 1 aliphatic heterocycles. The van der Waals surface area contributed by atoms with Crippen molar-refractivity contribution in [1.29, 1.82) is 0 Å². The van der Waals surface area contributed by atoms with Crippen LogP contribution in [0.4, 0.5) is 10.5 Å². The maximum atomic E-state index is 12.6. The van der Waals surface area contributed by atoms with Crippen molar-refractivity contribution in [3.05, 3.63) is 62.5 Å². The zero-order valence-corrected chi connectivity index (χ0v) is 17.6. The third-order valence-corrected chi connectivity index (χ3v) is 5.60. The van der Waals surface area contributed by atoms with Crippen LogP contribution in [-0.4, -0.2) is 28.8 Å². The Labute approximate surface area is 180 Å². The molecule has 146 valence electrons. The van der Waals surface area contributed by atoms with Crippen molar-refractivity contribution in [2.75, 3.05) is 5.32 Å². The smallest absolute Gasteiger partial charge is 0.329 e. The summed E-state index contributed by atoms with van der Waals surface area (Å²) in [5, 5.41) is 6.32. The van der Waals surface area contributed by atoms with Gasteiger partial charge >= 0.3 is 6.03 Å². The minimum atomic E-state index is -0.874. The zero-order chi connectivity index (χ0) is 20.3. The first-order valence-electron chi connectivity index (χ1n) is 8.46. The number of hydrogen-bond acceptors (Lipinski definition) is 3. The summed E-state index contributed by atoms with van der Waals surface area (Å²) in [7, 11) is 0. The molecular weight excluding hydrogens is 469 g/mol. The maximum Gasteiger partial charge on any atom is 0.329 e. The SMILES string of the molecule is O=C(NCc1ccc(Cl)cc1Cl)[C@@H]1CCC(=O)N1C(=O)Nc1ccccc1Br. The molecule has 3 rings (SSSR count). The lowest BCUT2D eigenvalue weighted by Crippen LogP contribution is -2.49. The molecular formula is C19H16BrCl2N3O3. The summed E-state index contributed by atoms with van der Waals surface area (Å²) in [6, 6.07) is 10.5. The van der Waals surface area contributed by atoms with Gasteiger partial charge in [0.05, 0.1) is 5.69 Å². The fourth-order valence-corrected chi connectivity index (χ4v) is 3.75. The number of nitrogens with zero attached hydrogens (tertiary/aromatic N) is 1. The van der Waals surface area contributed by atoms with E-state index >= 15 is 0 Å². The van der Waals surface area contributed by atoms with Crippen LogP contribution in [0.3, 0.4) is 0 Å². The van der Waals surface area contributed by atoms with Gasteiger partial charge in [-0.3, -0.25) is 14.5 Å². The lowest BCUT2D eigenvalue weighted by atomic mass is 10.2. The Bertz CT molecular complexity index is 938. The number of hydrogen-bond donors (Lipinski definition) is 2. The summed E-state index contributed by atoms with van der Waals surface area (Å²) in [6.07, 6.45) is 0.394. The molecule has 0 radical (unpaired) electrons. The standard InChI is InChI=1S/C19H16BrCl2N3O3/c20-13-3-1-2-4-15(13)24-19(28)25-16(7-8-17(25)26)18(27)23-10-11-5-6-12(21)9-14(11)22/h1-6,9,16H,7-8,10H2,(H,23,27)(H,24,28)/t16-/m0/s1. The number of nitrogens with one attached hydrogen (secondary N) is 2. The van der Waals surface area contributed by atoms with Crippen LogP contribution in [0.1, 0.15) is 18.4 Å². The average molecular weight is 485 g/mol. The molecule has 6 nitrogen and oxygen atoms in total. The van der Waals surface area contributed by atoms with E-state index in [1.165, 1.54) is 0 Å². The van der Waals surface area contributed by atoms with Crippen LogP contribution < -0.4 is 10.6 Å². The summed E-state index contributed by atoms with van der Waals surface area (Å²) in [5.41, 5.74) is 1.20. The molecule has 1 saturated heterocycles. The Morgan fingerprint density at radius 3 is 2.64 bits per heavy atom. The fourth-order valence-electron chi connectivity index (χ4n) is 2.89. The molecule has 1 aliphatic rings. The maximum absolute atomic E-state index is 12.6. The Kier molecular flexibility index (Phi) is 6.59. The molecule has 2 N–H and O–H groups in total. The highest BCUT2D eigenvalue weighted by Crippen LogP contribution is 2.25. The van der Waals surface area contributed by atoms with E-state index < -0.39 is 23.9 Å². The van der Waals surface area contributed by atoms with E-state index in [1.54, 1.807) is 42.5 Å². The number of carbonyl (C=O) groups excluding carboxylic acids is 3.